The van der Waals surface area contributed by atoms with Crippen LogP contribution in [-0.2, 0) is 14.9 Å². The van der Waals surface area contributed by atoms with Crippen molar-refractivity contribution in [2.75, 3.05) is 26.6 Å². The first-order valence-corrected chi connectivity index (χ1v) is 12.4. The lowest BCUT2D eigenvalue weighted by molar-refractivity contribution is -0.116. The molecule has 6 nitrogen and oxygen atoms in total. The minimum atomic E-state index is -0.433. The van der Waals surface area contributed by atoms with E-state index in [1.165, 1.54) is 13.5 Å². The van der Waals surface area contributed by atoms with E-state index in [4.69, 9.17) is 14.2 Å². The molecule has 2 rings (SSSR count). The van der Waals surface area contributed by atoms with E-state index in [2.05, 4.69) is 33.0 Å². The topological polar surface area (TPSA) is 73.9 Å². The maximum atomic E-state index is 13.3. The van der Waals surface area contributed by atoms with Crippen molar-refractivity contribution in [1.29, 1.82) is 0 Å². The largest absolute Gasteiger partial charge is 0.497 e. The first-order valence-electron chi connectivity index (χ1n) is 12.4. The van der Waals surface area contributed by atoms with Gasteiger partial charge >= 0.3 is 5.97 Å². The van der Waals surface area contributed by atoms with E-state index in [9.17, 15) is 9.59 Å². The Morgan fingerprint density at radius 3 is 2.29 bits per heavy atom. The van der Waals surface area contributed by atoms with Gasteiger partial charge in [0.2, 0.25) is 5.91 Å². The number of nitrogens with one attached hydrogen (secondary N) is 1. The Balaban J connectivity index is 2.34. The van der Waals surface area contributed by atoms with Crippen LogP contribution in [0.2, 0.25) is 0 Å². The number of unbranched alkanes of at least 4 members (excludes halogenated alkanes) is 3. The summed E-state index contributed by atoms with van der Waals surface area (Å²) in [5.74, 6) is 0.901. The molecule has 35 heavy (non-hydrogen) atoms. The van der Waals surface area contributed by atoms with Crippen molar-refractivity contribution in [3.63, 3.8) is 0 Å². The molecule has 0 saturated heterocycles. The van der Waals surface area contributed by atoms with Gasteiger partial charge in [-0.1, -0.05) is 65.5 Å². The third kappa shape index (κ3) is 8.01. The Kier molecular flexibility index (Phi) is 10.6. The summed E-state index contributed by atoms with van der Waals surface area (Å²) in [6, 6.07) is 11.1. The highest BCUT2D eigenvalue weighted by Crippen LogP contribution is 2.36. The maximum Gasteiger partial charge on any atom is 0.337 e. The number of ether oxygens (including phenoxy) is 3. The van der Waals surface area contributed by atoms with Crippen molar-refractivity contribution in [1.82, 2.24) is 0 Å². The van der Waals surface area contributed by atoms with E-state index in [0.29, 0.717) is 23.4 Å². The summed E-state index contributed by atoms with van der Waals surface area (Å²) in [6.07, 6.45) is 5.68. The molecule has 0 aromatic heterocycles. The van der Waals surface area contributed by atoms with Gasteiger partial charge in [-0.2, -0.15) is 0 Å². The summed E-state index contributed by atoms with van der Waals surface area (Å²) in [6.45, 7) is 8.42. The van der Waals surface area contributed by atoms with Crippen LogP contribution in [0, 0.1) is 0 Å². The second-order valence-electron chi connectivity index (χ2n) is 9.91. The minimum Gasteiger partial charge on any atom is -0.497 e. The summed E-state index contributed by atoms with van der Waals surface area (Å²) in [7, 11) is 4.61. The standard InChI is InChI=1S/C29H41NO5/c1-8-9-10-11-12-20(23-15-14-22(33-5)19-26(23)34-6)18-27(31)30-25-17-21(28(32)35-7)13-16-24(25)29(2,3)4/h13-17,19-20H,8-12,18H2,1-7H3,(H,30,31). The number of esters is 1. The highest BCUT2D eigenvalue weighted by molar-refractivity contribution is 5.96. The maximum absolute atomic E-state index is 13.3. The summed E-state index contributed by atoms with van der Waals surface area (Å²) in [5, 5.41) is 3.09. The monoisotopic (exact) mass is 483 g/mol. The van der Waals surface area contributed by atoms with Crippen molar-refractivity contribution in [3.8, 4) is 11.5 Å². The highest BCUT2D eigenvalue weighted by atomic mass is 16.5. The molecule has 0 fully saturated rings. The summed E-state index contributed by atoms with van der Waals surface area (Å²) in [5.41, 5.74) is 2.79. The van der Waals surface area contributed by atoms with Crippen LogP contribution < -0.4 is 14.8 Å². The van der Waals surface area contributed by atoms with E-state index in [1.807, 2.05) is 24.3 Å². The lowest BCUT2D eigenvalue weighted by atomic mass is 9.85. The molecule has 0 saturated carbocycles. The van der Waals surface area contributed by atoms with Gasteiger partial charge < -0.3 is 19.5 Å². The Bertz CT molecular complexity index is 993. The van der Waals surface area contributed by atoms with Gasteiger partial charge in [0.1, 0.15) is 11.5 Å². The first kappa shape index (κ1) is 28.2. The molecule has 1 amide bonds. The average molecular weight is 484 g/mol. The SMILES string of the molecule is CCCCCCC(CC(=O)Nc1cc(C(=O)OC)ccc1C(C)(C)C)c1ccc(OC)cc1OC. The molecule has 0 aliphatic heterocycles. The average Bonchev–Trinajstić information content (AvgIpc) is 2.84. The Morgan fingerprint density at radius 1 is 0.943 bits per heavy atom. The fourth-order valence-corrected chi connectivity index (χ4v) is 4.31. The van der Waals surface area contributed by atoms with Crippen molar-refractivity contribution in [2.45, 2.75) is 77.6 Å². The van der Waals surface area contributed by atoms with Crippen LogP contribution in [0.4, 0.5) is 5.69 Å². The van der Waals surface area contributed by atoms with Crippen molar-refractivity contribution in [3.05, 3.63) is 53.1 Å². The molecule has 0 spiro atoms. The molecule has 1 atom stereocenters. The second kappa shape index (κ2) is 13.2. The summed E-state index contributed by atoms with van der Waals surface area (Å²) < 4.78 is 15.9. The lowest BCUT2D eigenvalue weighted by Crippen LogP contribution is -2.21. The molecule has 0 heterocycles. The smallest absolute Gasteiger partial charge is 0.337 e. The Hall–Kier alpha value is -3.02. The number of carbonyl (C=O) groups is 2. The quantitative estimate of drug-likeness (QED) is 0.263. The number of methoxy groups -OCH3 is 3. The van der Waals surface area contributed by atoms with Crippen LogP contribution >= 0.6 is 0 Å². The lowest BCUT2D eigenvalue weighted by Gasteiger charge is -2.25. The van der Waals surface area contributed by atoms with Crippen molar-refractivity contribution in [2.24, 2.45) is 0 Å². The predicted molar refractivity (Wildman–Crippen MR) is 141 cm³/mol. The molecular weight excluding hydrogens is 442 g/mol. The number of hydrogen-bond acceptors (Lipinski definition) is 5. The van der Waals surface area contributed by atoms with E-state index >= 15 is 0 Å². The van der Waals surface area contributed by atoms with Gasteiger partial charge in [-0.25, -0.2) is 4.79 Å². The zero-order chi connectivity index (χ0) is 26.0. The molecule has 1 N–H and O–H groups in total. The first-order chi connectivity index (χ1) is 16.6. The zero-order valence-electron chi connectivity index (χ0n) is 22.3. The Morgan fingerprint density at radius 2 is 1.69 bits per heavy atom. The predicted octanol–water partition coefficient (Wildman–Crippen LogP) is 6.87. The number of carbonyl (C=O) groups excluding carboxylic acids is 2. The molecule has 0 bridgehead atoms. The van der Waals surface area contributed by atoms with Gasteiger partial charge in [-0.05, 0) is 47.1 Å². The van der Waals surface area contributed by atoms with Gasteiger partial charge in [0.05, 0.1) is 26.9 Å². The van der Waals surface area contributed by atoms with Gasteiger partial charge in [0, 0.05) is 18.2 Å². The fraction of sp³-hybridized carbons (Fsp3) is 0.517. The van der Waals surface area contributed by atoms with Gasteiger partial charge in [0.25, 0.3) is 0 Å². The van der Waals surface area contributed by atoms with Crippen LogP contribution in [0.1, 0.15) is 93.6 Å². The normalized spacial score (nSPS) is 12.1. The number of anilines is 1. The number of hydrogen-bond donors (Lipinski definition) is 1. The zero-order valence-corrected chi connectivity index (χ0v) is 22.3. The summed E-state index contributed by atoms with van der Waals surface area (Å²) >= 11 is 0. The second-order valence-corrected chi connectivity index (χ2v) is 9.91. The third-order valence-electron chi connectivity index (χ3n) is 6.24. The van der Waals surface area contributed by atoms with Gasteiger partial charge in [-0.3, -0.25) is 4.79 Å². The van der Waals surface area contributed by atoms with Gasteiger partial charge in [0.15, 0.2) is 0 Å². The number of rotatable bonds is 12. The van der Waals surface area contributed by atoms with Crippen LogP contribution in [0.15, 0.2) is 36.4 Å². The van der Waals surface area contributed by atoms with Crippen LogP contribution in [0.5, 0.6) is 11.5 Å². The van der Waals surface area contributed by atoms with Crippen molar-refractivity contribution < 1.29 is 23.8 Å². The minimum absolute atomic E-state index is 0.00501. The summed E-state index contributed by atoms with van der Waals surface area (Å²) in [4.78, 5) is 25.5. The van der Waals surface area contributed by atoms with E-state index in [0.717, 1.165) is 42.6 Å². The van der Waals surface area contributed by atoms with E-state index < -0.39 is 5.97 Å². The molecule has 192 valence electrons. The molecule has 2 aromatic rings. The molecule has 2 aromatic carbocycles. The van der Waals surface area contributed by atoms with Crippen LogP contribution in [-0.4, -0.2) is 33.2 Å². The molecule has 1 unspecified atom stereocenters. The Labute approximate surface area is 210 Å². The van der Waals surface area contributed by atoms with Crippen LogP contribution in [0.3, 0.4) is 0 Å². The fourth-order valence-electron chi connectivity index (χ4n) is 4.31. The third-order valence-corrected chi connectivity index (χ3v) is 6.24. The number of amides is 1. The van der Waals surface area contributed by atoms with E-state index in [1.54, 1.807) is 26.4 Å². The van der Waals surface area contributed by atoms with Crippen molar-refractivity contribution >= 4 is 17.6 Å². The molecule has 6 heteroatoms. The van der Waals surface area contributed by atoms with Crippen LogP contribution in [0.25, 0.3) is 0 Å². The molecule has 0 aliphatic rings. The molecule has 0 radical (unpaired) electrons. The highest BCUT2D eigenvalue weighted by Gasteiger charge is 2.24. The van der Waals surface area contributed by atoms with E-state index in [-0.39, 0.29) is 17.2 Å². The molecule has 0 aliphatic carbocycles. The number of benzene rings is 2. The van der Waals surface area contributed by atoms with Gasteiger partial charge in [-0.15, -0.1) is 0 Å². The molecular formula is C29H41NO5.